The van der Waals surface area contributed by atoms with Gasteiger partial charge in [-0.05, 0) is 25.7 Å². The minimum Gasteiger partial charge on any atom is -1.00 e. The molecule has 1 unspecified atom stereocenters. The van der Waals surface area contributed by atoms with E-state index in [-0.39, 0.29) is 26.4 Å². The van der Waals surface area contributed by atoms with E-state index in [1.807, 2.05) is 0 Å². The molecule has 1 atom stereocenters. The van der Waals surface area contributed by atoms with Gasteiger partial charge in [0.15, 0.2) is 5.60 Å². The van der Waals surface area contributed by atoms with Crippen molar-refractivity contribution in [1.82, 2.24) is 0 Å². The summed E-state index contributed by atoms with van der Waals surface area (Å²) in [6.07, 6.45) is 2.24. The zero-order valence-electron chi connectivity index (χ0n) is 12.5. The zero-order valence-corrected chi connectivity index (χ0v) is 11.5. The summed E-state index contributed by atoms with van der Waals surface area (Å²) in [6, 6.07) is 0. The Morgan fingerprint density at radius 1 is 1.10 bits per heavy atom. The molecule has 7 nitrogen and oxygen atoms in total. The fourth-order valence-electron chi connectivity index (χ4n) is 2.11. The zero-order chi connectivity index (χ0) is 14.5. The van der Waals surface area contributed by atoms with E-state index >= 15 is 0 Å². The monoisotopic (exact) mass is 282 g/mol. The Bertz CT molecular complexity index is 371. The van der Waals surface area contributed by atoms with Crippen LogP contribution in [-0.4, -0.2) is 44.9 Å². The van der Waals surface area contributed by atoms with Crippen molar-refractivity contribution in [1.29, 1.82) is 0 Å². The number of hydrogen-bond acceptors (Lipinski definition) is 5. The van der Waals surface area contributed by atoms with Crippen LogP contribution in [0.25, 0.3) is 0 Å². The van der Waals surface area contributed by atoms with Crippen LogP contribution in [0.1, 0.15) is 46.4 Å². The number of carboxylic acid groups (broad SMARTS) is 2. The van der Waals surface area contributed by atoms with Gasteiger partial charge in [0.2, 0.25) is 0 Å². The number of carbonyl (C=O) groups excluding carboxylic acids is 1. The number of esters is 1. The summed E-state index contributed by atoms with van der Waals surface area (Å²) in [4.78, 5) is 33.0. The number of aliphatic carboxylic acids is 2. The van der Waals surface area contributed by atoms with Crippen LogP contribution in [0, 0.1) is 0 Å². The Kier molecular flexibility index (Phi) is 7.87. The number of carboxylic acids is 2. The molecule has 0 spiro atoms. The van der Waals surface area contributed by atoms with Crippen molar-refractivity contribution >= 4 is 17.9 Å². The molecule has 8 heteroatoms. The van der Waals surface area contributed by atoms with Crippen LogP contribution in [0.4, 0.5) is 0 Å². The summed E-state index contributed by atoms with van der Waals surface area (Å²) >= 11 is 0. The van der Waals surface area contributed by atoms with Crippen LogP contribution >= 0.6 is 0 Å². The quantitative estimate of drug-likeness (QED) is 0.368. The summed E-state index contributed by atoms with van der Waals surface area (Å²) in [7, 11) is 0. The number of rotatable bonds is 6. The van der Waals surface area contributed by atoms with Gasteiger partial charge in [-0.1, -0.05) is 6.42 Å². The molecule has 0 aromatic rings. The van der Waals surface area contributed by atoms with Crippen LogP contribution in [0.3, 0.4) is 0 Å². The van der Waals surface area contributed by atoms with Gasteiger partial charge >= 0.3 is 36.8 Å². The van der Waals surface area contributed by atoms with E-state index < -0.39 is 36.4 Å². The number of aliphatic hydroxyl groups is 1. The van der Waals surface area contributed by atoms with Crippen LogP contribution in [0.15, 0.2) is 0 Å². The van der Waals surface area contributed by atoms with Gasteiger partial charge in [0.05, 0.1) is 12.8 Å². The van der Waals surface area contributed by atoms with Crippen molar-refractivity contribution in [2.45, 2.75) is 56.7 Å². The molecular weight excluding hydrogens is 263 g/mol. The van der Waals surface area contributed by atoms with Crippen LogP contribution in [0.5, 0.6) is 0 Å². The minimum atomic E-state index is -2.61. The van der Waals surface area contributed by atoms with E-state index in [4.69, 9.17) is 14.9 Å². The molecule has 0 heterocycles. The SMILES string of the molecule is O=C(O)CC(O)(CC(=O)OC1CCCCC1)C(=O)O.[H-].[Li+]. The Hall–Kier alpha value is -1.03. The number of hydrogen-bond donors (Lipinski definition) is 3. The maximum absolute atomic E-state index is 11.6. The molecule has 110 valence electrons. The predicted molar refractivity (Wildman–Crippen MR) is 63.5 cm³/mol. The molecule has 0 amide bonds. The van der Waals surface area contributed by atoms with Crippen LogP contribution in [-0.2, 0) is 19.1 Å². The topological polar surface area (TPSA) is 121 Å². The summed E-state index contributed by atoms with van der Waals surface area (Å²) in [5, 5.41) is 27.0. The maximum atomic E-state index is 11.6. The summed E-state index contributed by atoms with van der Waals surface area (Å²) < 4.78 is 5.06. The molecular formula is C12H19LiO7. The van der Waals surface area contributed by atoms with Crippen LogP contribution < -0.4 is 18.9 Å². The first-order chi connectivity index (χ1) is 8.83. The standard InChI is InChI=1S/C12H18O7.Li.H/c13-9(14)6-12(18,11(16)17)7-10(15)19-8-4-2-1-3-5-8;;/h8,18H,1-7H2,(H,13,14)(H,16,17);;/q;+1;-1. The Balaban J connectivity index is 0. The van der Waals surface area contributed by atoms with Gasteiger partial charge in [-0.15, -0.1) is 0 Å². The van der Waals surface area contributed by atoms with Gasteiger partial charge in [-0.25, -0.2) is 4.79 Å². The van der Waals surface area contributed by atoms with Crippen molar-refractivity contribution < 1.29 is 54.7 Å². The van der Waals surface area contributed by atoms with Crippen molar-refractivity contribution in [2.24, 2.45) is 0 Å². The normalized spacial score (nSPS) is 18.4. The molecule has 1 aliphatic carbocycles. The van der Waals surface area contributed by atoms with E-state index in [1.165, 1.54) is 0 Å². The Labute approximate surface area is 130 Å². The molecule has 0 aromatic heterocycles. The molecule has 0 bridgehead atoms. The van der Waals surface area contributed by atoms with Gasteiger partial charge in [-0.2, -0.15) is 0 Å². The van der Waals surface area contributed by atoms with E-state index in [0.29, 0.717) is 0 Å². The van der Waals surface area contributed by atoms with Gasteiger partial charge in [0, 0.05) is 0 Å². The summed E-state index contributed by atoms with van der Waals surface area (Å²) in [5.74, 6) is -4.11. The number of carbonyl (C=O) groups is 3. The third-order valence-electron chi connectivity index (χ3n) is 3.13. The smallest absolute Gasteiger partial charge is 1.00 e. The van der Waals surface area contributed by atoms with Gasteiger partial charge in [-0.3, -0.25) is 9.59 Å². The van der Waals surface area contributed by atoms with Crippen molar-refractivity contribution in [3.05, 3.63) is 0 Å². The molecule has 0 aromatic carbocycles. The van der Waals surface area contributed by atoms with E-state index in [2.05, 4.69) is 0 Å². The molecule has 0 radical (unpaired) electrons. The molecule has 20 heavy (non-hydrogen) atoms. The van der Waals surface area contributed by atoms with E-state index in [9.17, 15) is 19.5 Å². The molecule has 1 saturated carbocycles. The van der Waals surface area contributed by atoms with Crippen molar-refractivity contribution in [3.8, 4) is 0 Å². The van der Waals surface area contributed by atoms with Gasteiger partial charge in [0.1, 0.15) is 6.10 Å². The summed E-state index contributed by atoms with van der Waals surface area (Å²) in [5.41, 5.74) is -2.61. The maximum Gasteiger partial charge on any atom is 1.00 e. The van der Waals surface area contributed by atoms with E-state index in [1.54, 1.807) is 0 Å². The van der Waals surface area contributed by atoms with Crippen molar-refractivity contribution in [3.63, 3.8) is 0 Å². The first-order valence-electron chi connectivity index (χ1n) is 6.20. The molecule has 1 aliphatic rings. The first kappa shape index (κ1) is 19.0. The molecule has 0 saturated heterocycles. The first-order valence-corrected chi connectivity index (χ1v) is 6.20. The third-order valence-corrected chi connectivity index (χ3v) is 3.13. The second-order valence-corrected chi connectivity index (χ2v) is 4.83. The minimum absolute atomic E-state index is 0. The summed E-state index contributed by atoms with van der Waals surface area (Å²) in [6.45, 7) is 0. The largest absolute Gasteiger partial charge is 1.00 e. The van der Waals surface area contributed by atoms with Crippen molar-refractivity contribution in [2.75, 3.05) is 0 Å². The fraction of sp³-hybridized carbons (Fsp3) is 0.750. The van der Waals surface area contributed by atoms with Crippen LogP contribution in [0.2, 0.25) is 0 Å². The Morgan fingerprint density at radius 3 is 2.10 bits per heavy atom. The van der Waals surface area contributed by atoms with Gasteiger partial charge in [0.25, 0.3) is 0 Å². The average Bonchev–Trinajstić information content (AvgIpc) is 2.28. The predicted octanol–water partition coefficient (Wildman–Crippen LogP) is -2.34. The van der Waals surface area contributed by atoms with Gasteiger partial charge < -0.3 is 21.5 Å². The molecule has 1 fully saturated rings. The molecule has 1 rings (SSSR count). The molecule has 0 aliphatic heterocycles. The second-order valence-electron chi connectivity index (χ2n) is 4.83. The number of ether oxygens (including phenoxy) is 1. The fourth-order valence-corrected chi connectivity index (χ4v) is 2.11. The Morgan fingerprint density at radius 2 is 1.65 bits per heavy atom. The molecule has 3 N–H and O–H groups in total. The average molecular weight is 282 g/mol. The third kappa shape index (κ3) is 5.95. The van der Waals surface area contributed by atoms with E-state index in [0.717, 1.165) is 32.1 Å². The second kappa shape index (κ2) is 8.30.